The first-order chi connectivity index (χ1) is 14.6. The van der Waals surface area contributed by atoms with Crippen LogP contribution in [-0.4, -0.2) is 48.1 Å². The molecule has 30 heavy (non-hydrogen) atoms. The van der Waals surface area contributed by atoms with E-state index in [1.165, 1.54) is 0 Å². The molecule has 7 nitrogen and oxygen atoms in total. The fraction of sp³-hybridized carbons (Fsp3) is 0.435. The van der Waals surface area contributed by atoms with Gasteiger partial charge in [0.15, 0.2) is 0 Å². The van der Waals surface area contributed by atoms with Crippen LogP contribution in [0, 0.1) is 11.3 Å². The second-order valence-electron chi connectivity index (χ2n) is 8.08. The molecule has 0 aliphatic carbocycles. The zero-order chi connectivity index (χ0) is 21.0. The van der Waals surface area contributed by atoms with Crippen LogP contribution in [0.4, 0.5) is 16.2 Å². The molecule has 0 radical (unpaired) electrons. The van der Waals surface area contributed by atoms with Crippen molar-refractivity contribution >= 4 is 23.3 Å². The van der Waals surface area contributed by atoms with Crippen LogP contribution in [-0.2, 0) is 16.0 Å². The maximum absolute atomic E-state index is 13.2. The van der Waals surface area contributed by atoms with E-state index >= 15 is 0 Å². The molecule has 2 aromatic rings. The highest BCUT2D eigenvalue weighted by molar-refractivity contribution is 5.95. The molecule has 0 bridgehead atoms. The summed E-state index contributed by atoms with van der Waals surface area (Å²) in [6.07, 6.45) is 5.69. The highest BCUT2D eigenvalue weighted by Crippen LogP contribution is 2.45. The molecule has 3 heterocycles. The molecule has 2 aliphatic heterocycles. The third kappa shape index (κ3) is 4.16. The van der Waals surface area contributed by atoms with Crippen LogP contribution >= 0.6 is 0 Å². The number of aryl methyl sites for hydroxylation is 1. The Morgan fingerprint density at radius 1 is 1.17 bits per heavy atom. The third-order valence-corrected chi connectivity index (χ3v) is 6.31. The monoisotopic (exact) mass is 408 g/mol. The second kappa shape index (κ2) is 8.83. The molecule has 1 aromatic carbocycles. The number of carbonyl (C=O) groups is 2. The van der Waals surface area contributed by atoms with E-state index in [9.17, 15) is 9.59 Å². The number of rotatable bonds is 4. The van der Waals surface area contributed by atoms with Gasteiger partial charge in [0.1, 0.15) is 0 Å². The summed E-state index contributed by atoms with van der Waals surface area (Å²) in [7, 11) is 0. The van der Waals surface area contributed by atoms with Gasteiger partial charge >= 0.3 is 6.03 Å². The molecule has 1 aromatic heterocycles. The minimum absolute atomic E-state index is 0.0610. The SMILES string of the molecule is CCc1ccccc1NC(=O)N1CC(C(=O)Nc2cccnc2)C2(CCOCC2)C1. The van der Waals surface area contributed by atoms with Gasteiger partial charge in [0.25, 0.3) is 0 Å². The molecular formula is C23H28N4O3. The molecule has 1 atom stereocenters. The number of anilines is 2. The average Bonchev–Trinajstić information content (AvgIpc) is 3.14. The maximum atomic E-state index is 13.2. The van der Waals surface area contributed by atoms with Crippen LogP contribution in [0.2, 0.25) is 0 Å². The number of carbonyl (C=O) groups excluding carboxylic acids is 2. The van der Waals surface area contributed by atoms with Gasteiger partial charge in [0, 0.05) is 43.6 Å². The molecule has 2 saturated heterocycles. The van der Waals surface area contributed by atoms with E-state index in [1.54, 1.807) is 23.4 Å². The number of aromatic nitrogens is 1. The van der Waals surface area contributed by atoms with Crippen molar-refractivity contribution in [3.8, 4) is 0 Å². The summed E-state index contributed by atoms with van der Waals surface area (Å²) in [6.45, 7) is 4.25. The number of nitrogens with zero attached hydrogens (tertiary/aromatic N) is 2. The Hall–Kier alpha value is -2.93. The van der Waals surface area contributed by atoms with Crippen molar-refractivity contribution in [2.24, 2.45) is 11.3 Å². The van der Waals surface area contributed by atoms with Gasteiger partial charge in [0.05, 0.1) is 17.8 Å². The van der Waals surface area contributed by atoms with Crippen LogP contribution in [0.5, 0.6) is 0 Å². The van der Waals surface area contributed by atoms with Crippen molar-refractivity contribution in [3.05, 3.63) is 54.4 Å². The number of urea groups is 1. The van der Waals surface area contributed by atoms with E-state index in [1.807, 2.05) is 30.3 Å². The molecular weight excluding hydrogens is 380 g/mol. The van der Waals surface area contributed by atoms with Crippen molar-refractivity contribution < 1.29 is 14.3 Å². The van der Waals surface area contributed by atoms with Crippen LogP contribution < -0.4 is 10.6 Å². The summed E-state index contributed by atoms with van der Waals surface area (Å²) in [5, 5.41) is 6.03. The lowest BCUT2D eigenvalue weighted by atomic mass is 9.71. The third-order valence-electron chi connectivity index (χ3n) is 6.31. The zero-order valence-electron chi connectivity index (χ0n) is 17.3. The molecule has 7 heteroatoms. The van der Waals surface area contributed by atoms with Gasteiger partial charge in [-0.25, -0.2) is 4.79 Å². The first-order valence-electron chi connectivity index (χ1n) is 10.5. The highest BCUT2D eigenvalue weighted by atomic mass is 16.5. The Morgan fingerprint density at radius 3 is 2.70 bits per heavy atom. The smallest absolute Gasteiger partial charge is 0.321 e. The normalized spacial score (nSPS) is 20.2. The summed E-state index contributed by atoms with van der Waals surface area (Å²) >= 11 is 0. The highest BCUT2D eigenvalue weighted by Gasteiger charge is 2.51. The van der Waals surface area contributed by atoms with E-state index in [2.05, 4.69) is 22.5 Å². The molecule has 3 amide bonds. The maximum Gasteiger partial charge on any atom is 0.321 e. The standard InChI is InChI=1S/C23H28N4O3/c1-2-17-6-3-4-8-20(17)26-22(29)27-15-19(23(16-27)9-12-30-13-10-23)21(28)25-18-7-5-11-24-14-18/h3-8,11,14,19H,2,9-10,12-13,15-16H2,1H3,(H,25,28)(H,26,29). The number of nitrogens with one attached hydrogen (secondary N) is 2. The van der Waals surface area contributed by atoms with E-state index < -0.39 is 0 Å². The summed E-state index contributed by atoms with van der Waals surface area (Å²) in [6, 6.07) is 11.3. The van der Waals surface area contributed by atoms with Gasteiger partial charge < -0.3 is 20.3 Å². The number of benzene rings is 1. The van der Waals surface area contributed by atoms with Crippen LogP contribution in [0.25, 0.3) is 0 Å². The molecule has 2 fully saturated rings. The Bertz CT molecular complexity index is 896. The van der Waals surface area contributed by atoms with Gasteiger partial charge in [-0.05, 0) is 43.0 Å². The van der Waals surface area contributed by atoms with Crippen molar-refractivity contribution in [1.82, 2.24) is 9.88 Å². The zero-order valence-corrected chi connectivity index (χ0v) is 17.3. The van der Waals surface area contributed by atoms with Gasteiger partial charge in [-0.2, -0.15) is 0 Å². The van der Waals surface area contributed by atoms with Crippen molar-refractivity contribution in [2.75, 3.05) is 36.9 Å². The average molecular weight is 409 g/mol. The van der Waals surface area contributed by atoms with Crippen molar-refractivity contribution in [1.29, 1.82) is 0 Å². The summed E-state index contributed by atoms with van der Waals surface area (Å²) in [5.74, 6) is -0.345. The largest absolute Gasteiger partial charge is 0.381 e. The first kappa shape index (κ1) is 20.3. The van der Waals surface area contributed by atoms with E-state index in [0.717, 1.165) is 30.5 Å². The number of para-hydroxylation sites is 1. The van der Waals surface area contributed by atoms with Crippen LogP contribution in [0.3, 0.4) is 0 Å². The van der Waals surface area contributed by atoms with Crippen LogP contribution in [0.1, 0.15) is 25.3 Å². The molecule has 1 spiro atoms. The van der Waals surface area contributed by atoms with Gasteiger partial charge in [0.2, 0.25) is 5.91 Å². The predicted molar refractivity (Wildman–Crippen MR) is 115 cm³/mol. The van der Waals surface area contributed by atoms with E-state index in [-0.39, 0.29) is 23.3 Å². The van der Waals surface area contributed by atoms with Gasteiger partial charge in [-0.1, -0.05) is 25.1 Å². The molecule has 2 N–H and O–H groups in total. The Labute approximate surface area is 176 Å². The molecule has 158 valence electrons. The molecule has 0 saturated carbocycles. The summed E-state index contributed by atoms with van der Waals surface area (Å²) < 4.78 is 5.56. The van der Waals surface area contributed by atoms with Crippen molar-refractivity contribution in [2.45, 2.75) is 26.2 Å². The van der Waals surface area contributed by atoms with E-state index in [0.29, 0.717) is 32.0 Å². The number of amides is 3. The Balaban J connectivity index is 1.51. The number of pyridine rings is 1. The van der Waals surface area contributed by atoms with E-state index in [4.69, 9.17) is 4.74 Å². The lowest BCUT2D eigenvalue weighted by molar-refractivity contribution is -0.124. The van der Waals surface area contributed by atoms with Crippen LogP contribution in [0.15, 0.2) is 48.8 Å². The fourth-order valence-corrected chi connectivity index (χ4v) is 4.58. The lowest BCUT2D eigenvalue weighted by Gasteiger charge is -2.37. The topological polar surface area (TPSA) is 83.6 Å². The Kier molecular flexibility index (Phi) is 5.99. The number of likely N-dealkylation sites (tertiary alicyclic amines) is 1. The molecule has 1 unspecified atom stereocenters. The number of hydrogen-bond acceptors (Lipinski definition) is 4. The predicted octanol–water partition coefficient (Wildman–Crippen LogP) is 3.54. The molecule has 2 aliphatic rings. The Morgan fingerprint density at radius 2 is 1.97 bits per heavy atom. The fourth-order valence-electron chi connectivity index (χ4n) is 4.58. The second-order valence-corrected chi connectivity index (χ2v) is 8.08. The molecule has 4 rings (SSSR count). The first-order valence-corrected chi connectivity index (χ1v) is 10.5. The van der Waals surface area contributed by atoms with Crippen molar-refractivity contribution in [3.63, 3.8) is 0 Å². The number of ether oxygens (including phenoxy) is 1. The summed E-state index contributed by atoms with van der Waals surface area (Å²) in [4.78, 5) is 32.1. The summed E-state index contributed by atoms with van der Waals surface area (Å²) in [5.41, 5.74) is 2.34. The lowest BCUT2D eigenvalue weighted by Crippen LogP contribution is -2.42. The van der Waals surface area contributed by atoms with Gasteiger partial charge in [-0.15, -0.1) is 0 Å². The quantitative estimate of drug-likeness (QED) is 0.811. The van der Waals surface area contributed by atoms with Gasteiger partial charge in [-0.3, -0.25) is 9.78 Å². The number of hydrogen-bond donors (Lipinski definition) is 2. The minimum Gasteiger partial charge on any atom is -0.381 e. The minimum atomic E-state index is -0.284.